The maximum Gasteiger partial charge on any atom is 0.270 e. The summed E-state index contributed by atoms with van der Waals surface area (Å²) in [6.45, 7) is 2.67. The minimum Gasteiger partial charge on any atom is -0.474 e. The molecule has 4 rings (SSSR count). The van der Waals surface area contributed by atoms with Gasteiger partial charge in [0.2, 0.25) is 11.8 Å². The number of carbonyl (C=O) groups excluding carboxylic acids is 1. The number of rotatable bonds is 5. The molecule has 1 saturated heterocycles. The molecule has 27 heavy (non-hydrogen) atoms. The van der Waals surface area contributed by atoms with E-state index in [0.717, 1.165) is 25.7 Å². The van der Waals surface area contributed by atoms with Crippen molar-refractivity contribution in [3.05, 3.63) is 11.8 Å². The molecule has 1 amide bonds. The van der Waals surface area contributed by atoms with E-state index >= 15 is 0 Å². The fourth-order valence-electron chi connectivity index (χ4n) is 3.24. The number of anilines is 2. The molecule has 144 valence electrons. The van der Waals surface area contributed by atoms with Crippen LogP contribution in [0.15, 0.2) is 6.20 Å². The van der Waals surface area contributed by atoms with Gasteiger partial charge in [-0.25, -0.2) is 4.98 Å². The quantitative estimate of drug-likeness (QED) is 0.779. The van der Waals surface area contributed by atoms with Gasteiger partial charge in [0.1, 0.15) is 11.7 Å². The Morgan fingerprint density at radius 3 is 2.81 bits per heavy atom. The Hall–Kier alpha value is -2.82. The van der Waals surface area contributed by atoms with Gasteiger partial charge in [0.15, 0.2) is 0 Å². The molecule has 1 aliphatic heterocycles. The third-order valence-corrected chi connectivity index (χ3v) is 4.68. The Kier molecular flexibility index (Phi) is 5.37. The molecule has 0 unspecified atom stereocenters. The lowest BCUT2D eigenvalue weighted by molar-refractivity contribution is 0.100. The Balaban J connectivity index is 1.58. The van der Waals surface area contributed by atoms with E-state index in [-0.39, 0.29) is 17.6 Å². The van der Waals surface area contributed by atoms with Crippen molar-refractivity contribution in [2.75, 3.05) is 36.5 Å². The zero-order valence-corrected chi connectivity index (χ0v) is 14.9. The van der Waals surface area contributed by atoms with Crippen molar-refractivity contribution in [3.63, 3.8) is 0 Å². The number of tetrazole rings is 1. The number of morpholine rings is 1. The van der Waals surface area contributed by atoms with Gasteiger partial charge in [0.25, 0.3) is 11.9 Å². The van der Waals surface area contributed by atoms with E-state index in [1.54, 1.807) is 0 Å². The highest BCUT2D eigenvalue weighted by molar-refractivity contribution is 6.04. The van der Waals surface area contributed by atoms with Crippen LogP contribution in [-0.2, 0) is 4.74 Å². The van der Waals surface area contributed by atoms with Gasteiger partial charge in [-0.3, -0.25) is 10.1 Å². The Morgan fingerprint density at radius 1 is 1.26 bits per heavy atom. The lowest BCUT2D eigenvalue weighted by Gasteiger charge is -2.28. The van der Waals surface area contributed by atoms with Crippen molar-refractivity contribution in [3.8, 4) is 5.88 Å². The van der Waals surface area contributed by atoms with Crippen LogP contribution in [0.1, 0.15) is 42.5 Å². The Labute approximate surface area is 155 Å². The fourth-order valence-corrected chi connectivity index (χ4v) is 3.24. The lowest BCUT2D eigenvalue weighted by atomic mass is 9.98. The lowest BCUT2D eigenvalue weighted by Crippen LogP contribution is -2.37. The van der Waals surface area contributed by atoms with Gasteiger partial charge in [0.05, 0.1) is 13.2 Å². The van der Waals surface area contributed by atoms with Crippen LogP contribution in [0, 0.1) is 0 Å². The van der Waals surface area contributed by atoms with Crippen LogP contribution in [0.4, 0.5) is 11.9 Å². The molecule has 2 aromatic rings. The smallest absolute Gasteiger partial charge is 0.270 e. The van der Waals surface area contributed by atoms with Crippen molar-refractivity contribution in [2.24, 2.45) is 0 Å². The highest BCUT2D eigenvalue weighted by Crippen LogP contribution is 2.26. The van der Waals surface area contributed by atoms with E-state index in [1.165, 1.54) is 12.6 Å². The van der Waals surface area contributed by atoms with E-state index in [4.69, 9.17) is 9.47 Å². The molecule has 11 heteroatoms. The van der Waals surface area contributed by atoms with Crippen molar-refractivity contribution < 1.29 is 14.3 Å². The van der Waals surface area contributed by atoms with Gasteiger partial charge in [0, 0.05) is 19.3 Å². The number of hydrogen-bond donors (Lipinski definition) is 2. The molecule has 0 spiro atoms. The first-order valence-corrected chi connectivity index (χ1v) is 9.21. The summed E-state index contributed by atoms with van der Waals surface area (Å²) in [6.07, 6.45) is 6.93. The zero-order valence-electron chi connectivity index (χ0n) is 14.9. The van der Waals surface area contributed by atoms with E-state index in [0.29, 0.717) is 38.1 Å². The van der Waals surface area contributed by atoms with Crippen LogP contribution in [0.3, 0.4) is 0 Å². The maximum absolute atomic E-state index is 12.6. The first-order valence-electron chi connectivity index (χ1n) is 9.21. The van der Waals surface area contributed by atoms with Crippen LogP contribution in [0.2, 0.25) is 0 Å². The molecule has 11 nitrogen and oxygen atoms in total. The highest BCUT2D eigenvalue weighted by atomic mass is 16.5. The van der Waals surface area contributed by atoms with E-state index < -0.39 is 5.91 Å². The zero-order chi connectivity index (χ0) is 18.5. The number of aromatic amines is 1. The van der Waals surface area contributed by atoms with E-state index in [2.05, 4.69) is 35.9 Å². The van der Waals surface area contributed by atoms with Gasteiger partial charge in [-0.15, -0.1) is 5.10 Å². The number of nitrogens with zero attached hydrogens (tertiary/aromatic N) is 6. The SMILES string of the molecule is O=C(Nc1nn[nH]n1)c1cnc(N2CCOCC2)nc1OC1CCCCC1. The predicted octanol–water partition coefficient (Wildman–Crippen LogP) is 0.790. The number of amides is 1. The first kappa shape index (κ1) is 17.6. The number of hydrogen-bond acceptors (Lipinski definition) is 9. The Bertz CT molecular complexity index is 757. The summed E-state index contributed by atoms with van der Waals surface area (Å²) in [5, 5.41) is 15.8. The van der Waals surface area contributed by atoms with Crippen molar-refractivity contribution in [1.82, 2.24) is 30.6 Å². The second kappa shape index (κ2) is 8.25. The van der Waals surface area contributed by atoms with Crippen LogP contribution < -0.4 is 15.0 Å². The standard InChI is InChI=1S/C16H22N8O3/c25-13(18-15-20-22-23-21-15)12-10-17-16(24-6-8-26-9-7-24)19-14(12)27-11-4-2-1-3-5-11/h10-11H,1-9H2,(H2,18,20,21,22,23,25). The first-order chi connectivity index (χ1) is 13.3. The molecule has 2 N–H and O–H groups in total. The number of nitrogens with one attached hydrogen (secondary N) is 2. The summed E-state index contributed by atoms with van der Waals surface area (Å²) in [5.41, 5.74) is 0.252. The molecule has 0 radical (unpaired) electrons. The summed E-state index contributed by atoms with van der Waals surface area (Å²) in [5.74, 6) is 0.483. The van der Waals surface area contributed by atoms with Crippen LogP contribution in [0.25, 0.3) is 0 Å². The summed E-state index contributed by atoms with van der Waals surface area (Å²) in [6, 6.07) is 0. The summed E-state index contributed by atoms with van der Waals surface area (Å²) < 4.78 is 11.5. The number of ether oxygens (including phenoxy) is 2. The average Bonchev–Trinajstić information content (AvgIpc) is 3.22. The summed E-state index contributed by atoms with van der Waals surface area (Å²) in [4.78, 5) is 23.6. The topological polar surface area (TPSA) is 131 Å². The highest BCUT2D eigenvalue weighted by Gasteiger charge is 2.24. The predicted molar refractivity (Wildman–Crippen MR) is 94.7 cm³/mol. The number of aromatic nitrogens is 6. The summed E-state index contributed by atoms with van der Waals surface area (Å²) >= 11 is 0. The molecular formula is C16H22N8O3. The molecule has 0 aromatic carbocycles. The molecule has 3 heterocycles. The van der Waals surface area contributed by atoms with Crippen LogP contribution in [-0.4, -0.2) is 68.9 Å². The summed E-state index contributed by atoms with van der Waals surface area (Å²) in [7, 11) is 0. The monoisotopic (exact) mass is 374 g/mol. The Morgan fingerprint density at radius 2 is 2.07 bits per heavy atom. The third kappa shape index (κ3) is 4.30. The average molecular weight is 374 g/mol. The van der Waals surface area contributed by atoms with Gasteiger partial charge < -0.3 is 14.4 Å². The molecule has 2 fully saturated rings. The molecule has 0 atom stereocenters. The van der Waals surface area contributed by atoms with E-state index in [1.807, 2.05) is 4.90 Å². The molecule has 0 bridgehead atoms. The van der Waals surface area contributed by atoms with Gasteiger partial charge in [-0.05, 0) is 30.9 Å². The van der Waals surface area contributed by atoms with Gasteiger partial charge in [-0.1, -0.05) is 11.5 Å². The van der Waals surface area contributed by atoms with Crippen LogP contribution in [0.5, 0.6) is 5.88 Å². The van der Waals surface area contributed by atoms with E-state index in [9.17, 15) is 4.79 Å². The molecule has 2 aliphatic rings. The van der Waals surface area contributed by atoms with Crippen molar-refractivity contribution in [2.45, 2.75) is 38.2 Å². The molecule has 1 aliphatic carbocycles. The maximum atomic E-state index is 12.6. The van der Waals surface area contributed by atoms with Crippen LogP contribution >= 0.6 is 0 Å². The van der Waals surface area contributed by atoms with Gasteiger partial charge >= 0.3 is 0 Å². The van der Waals surface area contributed by atoms with Crippen molar-refractivity contribution in [1.29, 1.82) is 0 Å². The number of carbonyl (C=O) groups is 1. The second-order valence-corrected chi connectivity index (χ2v) is 6.56. The third-order valence-electron chi connectivity index (χ3n) is 4.68. The molecular weight excluding hydrogens is 352 g/mol. The van der Waals surface area contributed by atoms with Crippen molar-refractivity contribution >= 4 is 17.8 Å². The fraction of sp³-hybridized carbons (Fsp3) is 0.625. The second-order valence-electron chi connectivity index (χ2n) is 6.56. The largest absolute Gasteiger partial charge is 0.474 e. The molecule has 1 saturated carbocycles. The minimum atomic E-state index is -0.435. The normalized spacial score (nSPS) is 18.3. The molecule has 2 aromatic heterocycles. The number of H-pyrrole nitrogens is 1. The van der Waals surface area contributed by atoms with Gasteiger partial charge in [-0.2, -0.15) is 10.2 Å². The minimum absolute atomic E-state index is 0.0583.